The van der Waals surface area contributed by atoms with Crippen LogP contribution in [-0.2, 0) is 9.59 Å². The van der Waals surface area contributed by atoms with E-state index in [2.05, 4.69) is 10.3 Å². The molecule has 0 saturated carbocycles. The van der Waals surface area contributed by atoms with Gasteiger partial charge >= 0.3 is 5.97 Å². The molecule has 0 aliphatic carbocycles. The van der Waals surface area contributed by atoms with Gasteiger partial charge in [0.05, 0.1) is 12.5 Å². The third-order valence-corrected chi connectivity index (χ3v) is 3.94. The highest BCUT2D eigenvalue weighted by Crippen LogP contribution is 2.17. The highest BCUT2D eigenvalue weighted by atomic mass is 16.4. The Balaban J connectivity index is 1.76. The number of carboxylic acid groups (broad SMARTS) is 1. The van der Waals surface area contributed by atoms with Crippen molar-refractivity contribution in [3.05, 3.63) is 30.1 Å². The summed E-state index contributed by atoms with van der Waals surface area (Å²) in [5.41, 5.74) is 1.04. The van der Waals surface area contributed by atoms with Crippen LogP contribution in [0.4, 0.5) is 0 Å². The van der Waals surface area contributed by atoms with Crippen LogP contribution in [0.5, 0.6) is 0 Å². The summed E-state index contributed by atoms with van der Waals surface area (Å²) >= 11 is 0. The topological polar surface area (TPSA) is 82.5 Å². The molecule has 1 saturated heterocycles. The zero-order chi connectivity index (χ0) is 15.2. The smallest absolute Gasteiger partial charge is 0.306 e. The number of hydrogen-bond donors (Lipinski definition) is 2. The lowest BCUT2D eigenvalue weighted by Crippen LogP contribution is -2.44. The molecular formula is C15H21N3O3. The van der Waals surface area contributed by atoms with E-state index in [0.29, 0.717) is 25.9 Å². The van der Waals surface area contributed by atoms with Crippen molar-refractivity contribution in [3.8, 4) is 0 Å². The first-order valence-corrected chi connectivity index (χ1v) is 7.22. The van der Waals surface area contributed by atoms with E-state index >= 15 is 0 Å². The summed E-state index contributed by atoms with van der Waals surface area (Å²) in [4.78, 5) is 28.8. The third-order valence-electron chi connectivity index (χ3n) is 3.94. The normalized spacial score (nSPS) is 17.5. The van der Waals surface area contributed by atoms with Crippen LogP contribution in [0.15, 0.2) is 24.5 Å². The maximum Gasteiger partial charge on any atom is 0.306 e. The van der Waals surface area contributed by atoms with Crippen molar-refractivity contribution in [2.45, 2.75) is 25.8 Å². The number of aliphatic carboxylic acids is 1. The van der Waals surface area contributed by atoms with Gasteiger partial charge in [0.15, 0.2) is 0 Å². The third kappa shape index (κ3) is 4.26. The molecule has 2 heterocycles. The molecule has 0 spiro atoms. The van der Waals surface area contributed by atoms with Crippen LogP contribution in [0, 0.1) is 5.92 Å². The van der Waals surface area contributed by atoms with Crippen LogP contribution < -0.4 is 5.32 Å². The van der Waals surface area contributed by atoms with Gasteiger partial charge in [-0.2, -0.15) is 0 Å². The Labute approximate surface area is 124 Å². The second-order valence-electron chi connectivity index (χ2n) is 5.38. The fourth-order valence-electron chi connectivity index (χ4n) is 2.48. The molecule has 1 atom stereocenters. The summed E-state index contributed by atoms with van der Waals surface area (Å²) in [5.74, 6) is -1.05. The lowest BCUT2D eigenvalue weighted by molar-refractivity contribution is -0.145. The van der Waals surface area contributed by atoms with Gasteiger partial charge in [0.2, 0.25) is 5.91 Å². The quantitative estimate of drug-likeness (QED) is 0.847. The molecule has 1 amide bonds. The van der Waals surface area contributed by atoms with E-state index in [0.717, 1.165) is 5.56 Å². The molecule has 0 bridgehead atoms. The average molecular weight is 291 g/mol. The molecule has 2 rings (SSSR count). The second-order valence-corrected chi connectivity index (χ2v) is 5.38. The standard InChI is InChI=1S/C15H21N3O3/c1-11(13-3-2-6-16-9-13)17-10-14(19)18-7-4-12(5-8-18)15(20)21/h2-3,6,9,11-12,17H,4-5,7-8,10H2,1H3,(H,20,21). The Kier molecular flexibility index (Phi) is 5.27. The Bertz CT molecular complexity index is 484. The summed E-state index contributed by atoms with van der Waals surface area (Å²) in [6.07, 6.45) is 4.58. The SMILES string of the molecule is CC(NCC(=O)N1CCC(C(=O)O)CC1)c1cccnc1. The number of rotatable bonds is 5. The first-order valence-electron chi connectivity index (χ1n) is 7.22. The number of hydrogen-bond acceptors (Lipinski definition) is 4. The Morgan fingerprint density at radius 1 is 1.48 bits per heavy atom. The van der Waals surface area contributed by atoms with E-state index in [4.69, 9.17) is 5.11 Å². The zero-order valence-corrected chi connectivity index (χ0v) is 12.2. The fourth-order valence-corrected chi connectivity index (χ4v) is 2.48. The van der Waals surface area contributed by atoms with Gasteiger partial charge in [0, 0.05) is 31.5 Å². The molecule has 1 fully saturated rings. The van der Waals surface area contributed by atoms with Gasteiger partial charge in [-0.1, -0.05) is 6.07 Å². The minimum atomic E-state index is -0.759. The molecule has 1 aromatic rings. The molecule has 6 nitrogen and oxygen atoms in total. The van der Waals surface area contributed by atoms with Crippen molar-refractivity contribution < 1.29 is 14.7 Å². The number of carboxylic acids is 1. The van der Waals surface area contributed by atoms with E-state index < -0.39 is 5.97 Å². The maximum atomic E-state index is 12.1. The van der Waals surface area contributed by atoms with Crippen molar-refractivity contribution in [2.24, 2.45) is 5.92 Å². The van der Waals surface area contributed by atoms with E-state index in [1.54, 1.807) is 17.3 Å². The molecule has 1 unspecified atom stereocenters. The number of piperidine rings is 1. The molecule has 114 valence electrons. The largest absolute Gasteiger partial charge is 0.481 e. The molecule has 1 aliphatic heterocycles. The average Bonchev–Trinajstić information content (AvgIpc) is 2.53. The predicted octanol–water partition coefficient (Wildman–Crippen LogP) is 1.06. The van der Waals surface area contributed by atoms with Crippen LogP contribution in [0.25, 0.3) is 0 Å². The van der Waals surface area contributed by atoms with Gasteiger partial charge < -0.3 is 15.3 Å². The molecule has 0 radical (unpaired) electrons. The van der Waals surface area contributed by atoms with E-state index in [9.17, 15) is 9.59 Å². The summed E-state index contributed by atoms with van der Waals surface area (Å²) in [7, 11) is 0. The number of carbonyl (C=O) groups excluding carboxylic acids is 1. The number of amides is 1. The van der Waals surface area contributed by atoms with E-state index in [1.807, 2.05) is 19.1 Å². The lowest BCUT2D eigenvalue weighted by atomic mass is 9.97. The first kappa shape index (κ1) is 15.4. The van der Waals surface area contributed by atoms with Crippen LogP contribution in [0.3, 0.4) is 0 Å². The van der Waals surface area contributed by atoms with Gasteiger partial charge in [0.25, 0.3) is 0 Å². The molecule has 6 heteroatoms. The highest BCUT2D eigenvalue weighted by Gasteiger charge is 2.26. The lowest BCUT2D eigenvalue weighted by Gasteiger charge is -2.30. The number of nitrogens with one attached hydrogen (secondary N) is 1. The monoisotopic (exact) mass is 291 g/mol. The van der Waals surface area contributed by atoms with Gasteiger partial charge in [0.1, 0.15) is 0 Å². The highest BCUT2D eigenvalue weighted by molar-refractivity contribution is 5.79. The number of pyridine rings is 1. The predicted molar refractivity (Wildman–Crippen MR) is 77.6 cm³/mol. The van der Waals surface area contributed by atoms with Crippen molar-refractivity contribution >= 4 is 11.9 Å². The molecular weight excluding hydrogens is 270 g/mol. The van der Waals surface area contributed by atoms with Gasteiger partial charge in [-0.15, -0.1) is 0 Å². The second kappa shape index (κ2) is 7.17. The van der Waals surface area contributed by atoms with Gasteiger partial charge in [-0.05, 0) is 31.4 Å². The number of carbonyl (C=O) groups is 2. The van der Waals surface area contributed by atoms with Crippen LogP contribution in [0.1, 0.15) is 31.4 Å². The van der Waals surface area contributed by atoms with Gasteiger partial charge in [-0.3, -0.25) is 14.6 Å². The number of nitrogens with zero attached hydrogens (tertiary/aromatic N) is 2. The molecule has 1 aliphatic rings. The van der Waals surface area contributed by atoms with E-state index in [-0.39, 0.29) is 24.4 Å². The summed E-state index contributed by atoms with van der Waals surface area (Å²) < 4.78 is 0. The molecule has 0 aromatic carbocycles. The Morgan fingerprint density at radius 3 is 2.76 bits per heavy atom. The fraction of sp³-hybridized carbons (Fsp3) is 0.533. The Morgan fingerprint density at radius 2 is 2.19 bits per heavy atom. The summed E-state index contributed by atoms with van der Waals surface area (Å²) in [6, 6.07) is 3.89. The minimum absolute atomic E-state index is 0.0228. The molecule has 1 aromatic heterocycles. The molecule has 2 N–H and O–H groups in total. The van der Waals surface area contributed by atoms with E-state index in [1.165, 1.54) is 0 Å². The number of aromatic nitrogens is 1. The van der Waals surface area contributed by atoms with Crippen LogP contribution in [-0.4, -0.2) is 46.5 Å². The summed E-state index contributed by atoms with van der Waals surface area (Å²) in [6.45, 7) is 3.30. The van der Waals surface area contributed by atoms with Crippen molar-refractivity contribution in [1.82, 2.24) is 15.2 Å². The van der Waals surface area contributed by atoms with Crippen molar-refractivity contribution in [1.29, 1.82) is 0 Å². The number of likely N-dealkylation sites (tertiary alicyclic amines) is 1. The van der Waals surface area contributed by atoms with Crippen LogP contribution >= 0.6 is 0 Å². The maximum absolute atomic E-state index is 12.1. The Hall–Kier alpha value is -1.95. The molecule has 21 heavy (non-hydrogen) atoms. The first-order chi connectivity index (χ1) is 10.1. The van der Waals surface area contributed by atoms with Crippen LogP contribution in [0.2, 0.25) is 0 Å². The minimum Gasteiger partial charge on any atom is -0.481 e. The van der Waals surface area contributed by atoms with Crippen molar-refractivity contribution in [3.63, 3.8) is 0 Å². The van der Waals surface area contributed by atoms with Gasteiger partial charge in [-0.25, -0.2) is 0 Å². The summed E-state index contributed by atoms with van der Waals surface area (Å²) in [5, 5.41) is 12.1. The van der Waals surface area contributed by atoms with Crippen molar-refractivity contribution in [2.75, 3.05) is 19.6 Å². The zero-order valence-electron chi connectivity index (χ0n) is 12.2.